The van der Waals surface area contributed by atoms with Crippen LogP contribution in [0.1, 0.15) is 44.4 Å². The Morgan fingerprint density at radius 1 is 1.22 bits per heavy atom. The quantitative estimate of drug-likeness (QED) is 0.899. The largest absolute Gasteiger partial charge is 0.337 e. The van der Waals surface area contributed by atoms with Gasteiger partial charge in [-0.3, -0.25) is 4.68 Å². The molecule has 0 saturated carbocycles. The average Bonchev–Trinajstić information content (AvgIpc) is 3.21. The standard InChI is InChI=1S/C22H28N4O/c1-22(2,17-7-5-4-6-8-17)15-23-21(27)26-18-9-10-19(26)14-16(13-18)20-11-12-24-25(20)3/h4-8,11-13,18-19H,9-10,14-15H2,1-3H3,(H,23,27). The molecule has 2 unspecified atom stereocenters. The fourth-order valence-electron chi connectivity index (χ4n) is 4.40. The van der Waals surface area contributed by atoms with Crippen molar-refractivity contribution in [2.75, 3.05) is 6.54 Å². The Balaban J connectivity index is 1.45. The number of amides is 2. The Morgan fingerprint density at radius 3 is 2.67 bits per heavy atom. The van der Waals surface area contributed by atoms with Crippen molar-refractivity contribution in [2.45, 2.75) is 50.6 Å². The zero-order valence-electron chi connectivity index (χ0n) is 16.4. The van der Waals surface area contributed by atoms with Gasteiger partial charge in [0.2, 0.25) is 0 Å². The molecule has 2 atom stereocenters. The van der Waals surface area contributed by atoms with Crippen LogP contribution in [0.5, 0.6) is 0 Å². The van der Waals surface area contributed by atoms with Gasteiger partial charge < -0.3 is 10.2 Å². The summed E-state index contributed by atoms with van der Waals surface area (Å²) < 4.78 is 1.92. The summed E-state index contributed by atoms with van der Waals surface area (Å²) in [6.45, 7) is 4.98. The molecule has 2 aliphatic rings. The normalized spacial score (nSPS) is 21.9. The Morgan fingerprint density at radius 2 is 2.00 bits per heavy atom. The Labute approximate surface area is 161 Å². The van der Waals surface area contributed by atoms with Crippen LogP contribution in [0.3, 0.4) is 0 Å². The highest BCUT2D eigenvalue weighted by atomic mass is 16.2. The number of rotatable bonds is 4. The van der Waals surface area contributed by atoms with Gasteiger partial charge in [0.05, 0.1) is 11.7 Å². The number of carbonyl (C=O) groups is 1. The first-order chi connectivity index (χ1) is 13.0. The number of urea groups is 1. The predicted molar refractivity (Wildman–Crippen MR) is 107 cm³/mol. The smallest absolute Gasteiger partial charge is 0.318 e. The summed E-state index contributed by atoms with van der Waals surface area (Å²) in [5, 5.41) is 7.48. The van der Waals surface area contributed by atoms with E-state index in [-0.39, 0.29) is 23.5 Å². The number of nitrogens with one attached hydrogen (secondary N) is 1. The van der Waals surface area contributed by atoms with E-state index >= 15 is 0 Å². The van der Waals surface area contributed by atoms with Crippen LogP contribution in [-0.4, -0.2) is 39.3 Å². The second kappa shape index (κ2) is 6.87. The monoisotopic (exact) mass is 364 g/mol. The van der Waals surface area contributed by atoms with Crippen molar-refractivity contribution < 1.29 is 4.79 Å². The summed E-state index contributed by atoms with van der Waals surface area (Å²) in [4.78, 5) is 15.0. The summed E-state index contributed by atoms with van der Waals surface area (Å²) in [7, 11) is 1.98. The van der Waals surface area contributed by atoms with Crippen LogP contribution in [-0.2, 0) is 12.5 Å². The van der Waals surface area contributed by atoms with Gasteiger partial charge in [-0.1, -0.05) is 50.3 Å². The van der Waals surface area contributed by atoms with Gasteiger partial charge in [-0.05, 0) is 36.5 Å². The maximum Gasteiger partial charge on any atom is 0.318 e. The maximum atomic E-state index is 13.0. The summed E-state index contributed by atoms with van der Waals surface area (Å²) in [5.74, 6) is 0. The van der Waals surface area contributed by atoms with E-state index in [0.29, 0.717) is 6.54 Å². The van der Waals surface area contributed by atoms with Gasteiger partial charge in [-0.2, -0.15) is 5.10 Å². The third-order valence-corrected chi connectivity index (χ3v) is 6.02. The minimum atomic E-state index is -0.0958. The second-order valence-corrected chi connectivity index (χ2v) is 8.35. The van der Waals surface area contributed by atoms with E-state index in [9.17, 15) is 4.79 Å². The number of aromatic nitrogens is 2. The van der Waals surface area contributed by atoms with Gasteiger partial charge in [0.1, 0.15) is 0 Å². The molecule has 0 radical (unpaired) electrons. The molecule has 2 bridgehead atoms. The second-order valence-electron chi connectivity index (χ2n) is 8.35. The summed E-state index contributed by atoms with van der Waals surface area (Å²) in [6, 6.07) is 13.0. The van der Waals surface area contributed by atoms with Crippen molar-refractivity contribution in [2.24, 2.45) is 7.05 Å². The van der Waals surface area contributed by atoms with Crippen LogP contribution in [0.25, 0.3) is 5.57 Å². The van der Waals surface area contributed by atoms with E-state index in [2.05, 4.69) is 65.6 Å². The zero-order chi connectivity index (χ0) is 19.0. The molecule has 2 aliphatic heterocycles. The lowest BCUT2D eigenvalue weighted by atomic mass is 9.85. The van der Waals surface area contributed by atoms with Gasteiger partial charge >= 0.3 is 6.03 Å². The van der Waals surface area contributed by atoms with E-state index in [0.717, 1.165) is 25.0 Å². The minimum Gasteiger partial charge on any atom is -0.337 e. The first-order valence-electron chi connectivity index (χ1n) is 9.76. The van der Waals surface area contributed by atoms with E-state index in [1.54, 1.807) is 0 Å². The molecule has 142 valence electrons. The SMILES string of the molecule is Cn1nccc1C1=CC2CCC(C1)N2C(=O)NCC(C)(C)c1ccccc1. The summed E-state index contributed by atoms with van der Waals surface area (Å²) >= 11 is 0. The highest BCUT2D eigenvalue weighted by Gasteiger charge is 2.40. The molecule has 2 aromatic rings. The predicted octanol–water partition coefficient (Wildman–Crippen LogP) is 3.73. The van der Waals surface area contributed by atoms with Crippen molar-refractivity contribution in [1.29, 1.82) is 0 Å². The van der Waals surface area contributed by atoms with Crippen LogP contribution in [0.2, 0.25) is 0 Å². The summed E-state index contributed by atoms with van der Waals surface area (Å²) in [6.07, 6.45) is 7.12. The molecule has 2 amide bonds. The molecule has 1 saturated heterocycles. The van der Waals surface area contributed by atoms with E-state index in [1.165, 1.54) is 11.1 Å². The van der Waals surface area contributed by atoms with Crippen molar-refractivity contribution >= 4 is 11.6 Å². The summed E-state index contributed by atoms with van der Waals surface area (Å²) in [5.41, 5.74) is 3.63. The lowest BCUT2D eigenvalue weighted by molar-refractivity contribution is 0.177. The molecule has 1 aromatic heterocycles. The molecule has 1 N–H and O–H groups in total. The molecule has 1 aromatic carbocycles. The number of benzene rings is 1. The lowest BCUT2D eigenvalue weighted by Gasteiger charge is -2.35. The zero-order valence-corrected chi connectivity index (χ0v) is 16.4. The Bertz CT molecular complexity index is 852. The molecule has 0 aliphatic carbocycles. The van der Waals surface area contributed by atoms with Crippen molar-refractivity contribution in [1.82, 2.24) is 20.0 Å². The van der Waals surface area contributed by atoms with Crippen LogP contribution < -0.4 is 5.32 Å². The number of nitrogens with zero attached hydrogens (tertiary/aromatic N) is 3. The van der Waals surface area contributed by atoms with Gasteiger partial charge in [-0.25, -0.2) is 4.79 Å². The first-order valence-corrected chi connectivity index (χ1v) is 9.76. The van der Waals surface area contributed by atoms with E-state index < -0.39 is 0 Å². The fourth-order valence-corrected chi connectivity index (χ4v) is 4.40. The number of carbonyl (C=O) groups excluding carboxylic acids is 1. The fraction of sp³-hybridized carbons (Fsp3) is 0.455. The van der Waals surface area contributed by atoms with Crippen molar-refractivity contribution in [3.63, 3.8) is 0 Å². The first kappa shape index (κ1) is 17.8. The van der Waals surface area contributed by atoms with Crippen LogP contribution in [0.15, 0.2) is 48.7 Å². The third-order valence-electron chi connectivity index (χ3n) is 6.02. The number of aryl methyl sites for hydroxylation is 1. The Kier molecular flexibility index (Phi) is 4.54. The molecule has 27 heavy (non-hydrogen) atoms. The van der Waals surface area contributed by atoms with Gasteiger partial charge in [0.25, 0.3) is 0 Å². The maximum absolute atomic E-state index is 13.0. The van der Waals surface area contributed by atoms with Gasteiger partial charge in [0, 0.05) is 31.2 Å². The average molecular weight is 364 g/mol. The lowest BCUT2D eigenvalue weighted by Crippen LogP contribution is -2.50. The van der Waals surface area contributed by atoms with Gasteiger partial charge in [-0.15, -0.1) is 0 Å². The van der Waals surface area contributed by atoms with Crippen LogP contribution in [0, 0.1) is 0 Å². The molecule has 1 fully saturated rings. The van der Waals surface area contributed by atoms with Crippen LogP contribution >= 0.6 is 0 Å². The molecule has 5 heteroatoms. The number of fused-ring (bicyclic) bond motifs is 2. The molecule has 0 spiro atoms. The number of hydrogen-bond acceptors (Lipinski definition) is 2. The topological polar surface area (TPSA) is 50.2 Å². The molecular formula is C22H28N4O. The minimum absolute atomic E-state index is 0.0619. The highest BCUT2D eigenvalue weighted by molar-refractivity contribution is 5.78. The Hall–Kier alpha value is -2.56. The molecule has 3 heterocycles. The molecule has 4 rings (SSSR count). The third kappa shape index (κ3) is 3.38. The molecule has 5 nitrogen and oxygen atoms in total. The van der Waals surface area contributed by atoms with Crippen molar-refractivity contribution in [3.8, 4) is 0 Å². The van der Waals surface area contributed by atoms with E-state index in [4.69, 9.17) is 0 Å². The van der Waals surface area contributed by atoms with E-state index in [1.807, 2.05) is 24.0 Å². The van der Waals surface area contributed by atoms with Crippen molar-refractivity contribution in [3.05, 3.63) is 59.9 Å². The molecular weight excluding hydrogens is 336 g/mol. The highest BCUT2D eigenvalue weighted by Crippen LogP contribution is 2.38. The number of hydrogen-bond donors (Lipinski definition) is 1. The van der Waals surface area contributed by atoms with Gasteiger partial charge in [0.15, 0.2) is 0 Å². The van der Waals surface area contributed by atoms with Crippen LogP contribution in [0.4, 0.5) is 4.79 Å².